The molecule has 1 aliphatic carbocycles. The molecule has 2 aliphatic rings. The average Bonchev–Trinajstić information content (AvgIpc) is 3.97. The molecule has 8 N–H and O–H groups in total. The van der Waals surface area contributed by atoms with Gasteiger partial charge >= 0.3 is 0 Å². The molecule has 0 bridgehead atoms. The molecule has 2 aromatic rings. The summed E-state index contributed by atoms with van der Waals surface area (Å²) in [5.41, 5.74) is -3.33. The van der Waals surface area contributed by atoms with Crippen LogP contribution in [0.4, 0.5) is 4.39 Å². The van der Waals surface area contributed by atoms with Crippen LogP contribution in [0.25, 0.3) is 0 Å². The summed E-state index contributed by atoms with van der Waals surface area (Å²) < 4.78 is 14.0. The van der Waals surface area contributed by atoms with Crippen LogP contribution in [0.1, 0.15) is 176 Å². The summed E-state index contributed by atoms with van der Waals surface area (Å²) in [7, 11) is 3.74. The molecule has 1 heterocycles. The van der Waals surface area contributed by atoms with E-state index in [9.17, 15) is 47.5 Å². The maximum absolute atomic E-state index is 14.7. The fraction of sp³-hybridized carbons (Fsp3) is 0.661. The van der Waals surface area contributed by atoms with Gasteiger partial charge in [0.15, 0.2) is 0 Å². The van der Waals surface area contributed by atoms with E-state index >= 15 is 0 Å². The Kier molecular flexibility index (Phi) is 25.5. The van der Waals surface area contributed by atoms with Crippen molar-refractivity contribution in [3.05, 3.63) is 71.5 Å². The third-order valence-corrected chi connectivity index (χ3v) is 15.3. The first-order valence-corrected chi connectivity index (χ1v) is 29.5. The van der Waals surface area contributed by atoms with Crippen molar-refractivity contribution in [1.82, 2.24) is 52.3 Å². The van der Waals surface area contributed by atoms with E-state index in [1.54, 1.807) is 13.8 Å². The molecule has 6 atom stereocenters. The van der Waals surface area contributed by atoms with Crippen molar-refractivity contribution in [2.45, 2.75) is 206 Å². The van der Waals surface area contributed by atoms with Gasteiger partial charge in [-0.1, -0.05) is 104 Å². The van der Waals surface area contributed by atoms with Gasteiger partial charge in [0.25, 0.3) is 5.91 Å². The maximum Gasteiger partial charge on any atom is 0.254 e. The molecule has 19 nitrogen and oxygen atoms in total. The van der Waals surface area contributed by atoms with Crippen LogP contribution in [-0.4, -0.2) is 144 Å². The molecule has 1 saturated carbocycles. The lowest BCUT2D eigenvalue weighted by atomic mass is 9.85. The van der Waals surface area contributed by atoms with E-state index in [0.717, 1.165) is 37.7 Å². The number of rotatable bonds is 29. The number of amides is 9. The second-order valence-electron chi connectivity index (χ2n) is 25.9. The molecule has 0 unspecified atom stereocenters. The Bertz CT molecular complexity index is 2490. The van der Waals surface area contributed by atoms with Gasteiger partial charge in [-0.15, -0.1) is 0 Å². The van der Waals surface area contributed by atoms with Crippen LogP contribution < -0.4 is 42.5 Å². The van der Waals surface area contributed by atoms with Crippen molar-refractivity contribution in [3.63, 3.8) is 0 Å². The summed E-state index contributed by atoms with van der Waals surface area (Å²) in [6, 6.07) is 9.20. The molecular formula is C62H97FN10O9. The number of carbonyl (C=O) groups is 9. The highest BCUT2D eigenvalue weighted by molar-refractivity contribution is 6.01. The summed E-state index contributed by atoms with van der Waals surface area (Å²) in [6.07, 6.45) is 6.94. The summed E-state index contributed by atoms with van der Waals surface area (Å²) in [4.78, 5) is 130. The van der Waals surface area contributed by atoms with Crippen molar-refractivity contribution in [3.8, 4) is 0 Å². The Morgan fingerprint density at radius 2 is 1.07 bits per heavy atom. The molecule has 0 radical (unpaired) electrons. The number of likely N-dealkylation sites (tertiary alicyclic amines) is 1. The SMILES string of the molecule is CC(C)C[C@H](NC(=O)[C@H](CCC1CCCCC1)NC(=O)[C@@H]1C[C@H](c2ccccc2)CN1C(=O)c1ccc(F)cc1)C(=O)NC(C)(C)C(=O)N[C@@H](CC(C)C)C(=O)N[C@@H](CC(C)C)C(=O)NC(C)(C)C(=O)NC(C)(C)C(=O)NCCN(C)C. The second-order valence-corrected chi connectivity index (χ2v) is 25.9. The quantitative estimate of drug-likeness (QED) is 0.0499. The van der Waals surface area contributed by atoms with Crippen LogP contribution in [0, 0.1) is 29.5 Å². The first kappa shape index (κ1) is 68.1. The van der Waals surface area contributed by atoms with E-state index in [1.165, 1.54) is 56.9 Å². The van der Waals surface area contributed by atoms with E-state index in [4.69, 9.17) is 0 Å². The number of hydrogen-bond donors (Lipinski definition) is 8. The van der Waals surface area contributed by atoms with Crippen molar-refractivity contribution in [1.29, 1.82) is 0 Å². The monoisotopic (exact) mass is 1140 g/mol. The predicted molar refractivity (Wildman–Crippen MR) is 315 cm³/mol. The minimum absolute atomic E-state index is 0.0946. The summed E-state index contributed by atoms with van der Waals surface area (Å²) >= 11 is 0. The minimum atomic E-state index is -1.65. The van der Waals surface area contributed by atoms with E-state index in [0.29, 0.717) is 25.4 Å². The Morgan fingerprint density at radius 1 is 0.585 bits per heavy atom. The van der Waals surface area contributed by atoms with Gasteiger partial charge in [-0.25, -0.2) is 4.39 Å². The van der Waals surface area contributed by atoms with Gasteiger partial charge < -0.3 is 52.3 Å². The summed E-state index contributed by atoms with van der Waals surface area (Å²) in [5.74, 6) is -5.99. The molecule has 0 aromatic heterocycles. The molecule has 2 aromatic carbocycles. The second kappa shape index (κ2) is 30.7. The summed E-state index contributed by atoms with van der Waals surface area (Å²) in [5, 5.41) is 22.6. The van der Waals surface area contributed by atoms with Crippen LogP contribution in [0.15, 0.2) is 54.6 Å². The predicted octanol–water partition coefficient (Wildman–Crippen LogP) is 5.62. The van der Waals surface area contributed by atoms with E-state index < -0.39 is 106 Å². The van der Waals surface area contributed by atoms with Crippen molar-refractivity contribution in [2.24, 2.45) is 23.7 Å². The first-order chi connectivity index (χ1) is 38.3. The molecule has 4 rings (SSSR count). The van der Waals surface area contributed by atoms with E-state index in [1.807, 2.05) is 90.9 Å². The van der Waals surface area contributed by atoms with Crippen molar-refractivity contribution in [2.75, 3.05) is 33.7 Å². The van der Waals surface area contributed by atoms with Crippen LogP contribution in [0.3, 0.4) is 0 Å². The molecule has 2 fully saturated rings. The zero-order valence-electron chi connectivity index (χ0n) is 51.3. The Hall–Kier alpha value is -6.44. The number of hydrogen-bond acceptors (Lipinski definition) is 10. The molecule has 20 heteroatoms. The van der Waals surface area contributed by atoms with Gasteiger partial charge in [-0.2, -0.15) is 0 Å². The maximum atomic E-state index is 14.7. The lowest BCUT2D eigenvalue weighted by Crippen LogP contribution is -2.65. The number of nitrogens with zero attached hydrogens (tertiary/aromatic N) is 2. The number of nitrogens with one attached hydrogen (secondary N) is 8. The fourth-order valence-electron chi connectivity index (χ4n) is 10.5. The van der Waals surface area contributed by atoms with Crippen LogP contribution in [0.5, 0.6) is 0 Å². The Balaban J connectivity index is 1.51. The minimum Gasteiger partial charge on any atom is -0.353 e. The van der Waals surface area contributed by atoms with Crippen LogP contribution in [0.2, 0.25) is 0 Å². The summed E-state index contributed by atoms with van der Waals surface area (Å²) in [6.45, 7) is 21.5. The molecule has 0 spiro atoms. The highest BCUT2D eigenvalue weighted by Gasteiger charge is 2.43. The van der Waals surface area contributed by atoms with Gasteiger partial charge in [0.1, 0.15) is 52.6 Å². The molecule has 1 aliphatic heterocycles. The third kappa shape index (κ3) is 21.1. The smallest absolute Gasteiger partial charge is 0.254 e. The molecule has 1 saturated heterocycles. The number of carbonyl (C=O) groups excluding carboxylic acids is 9. The Labute approximate surface area is 486 Å². The van der Waals surface area contributed by atoms with Crippen LogP contribution >= 0.6 is 0 Å². The first-order valence-electron chi connectivity index (χ1n) is 29.5. The highest BCUT2D eigenvalue weighted by Crippen LogP contribution is 2.34. The van der Waals surface area contributed by atoms with E-state index in [-0.39, 0.29) is 67.9 Å². The van der Waals surface area contributed by atoms with Gasteiger partial charge in [-0.05, 0) is 148 Å². The lowest BCUT2D eigenvalue weighted by Gasteiger charge is -2.34. The van der Waals surface area contributed by atoms with Gasteiger partial charge in [0.05, 0.1) is 0 Å². The Morgan fingerprint density at radius 3 is 1.59 bits per heavy atom. The van der Waals surface area contributed by atoms with Gasteiger partial charge in [0.2, 0.25) is 47.3 Å². The molecule has 9 amide bonds. The number of likely N-dealkylation sites (N-methyl/N-ethyl adjacent to an activating group) is 1. The normalized spacial score (nSPS) is 17.6. The van der Waals surface area contributed by atoms with Gasteiger partial charge in [-0.3, -0.25) is 43.2 Å². The fourth-order valence-corrected chi connectivity index (χ4v) is 10.5. The van der Waals surface area contributed by atoms with E-state index in [2.05, 4.69) is 42.5 Å². The van der Waals surface area contributed by atoms with Crippen molar-refractivity contribution >= 4 is 53.2 Å². The topological polar surface area (TPSA) is 256 Å². The zero-order chi connectivity index (χ0) is 61.3. The standard InChI is InChI=1S/C62H97FN10O9/c1-38(2)33-47(52(75)67-49(35-40(5)6)54(77)70-62(11,12)59(82)71-60(7,8)57(80)64-31-32-72(13)14)68-58(81)61(9,10)69-53(76)48(34-39(3)4)66-51(74)46(30-25-41-21-17-15-18-22-41)65-55(78)50-36-44(42-23-19-16-20-24-42)37-73(50)56(79)43-26-28-45(63)29-27-43/h16,19-20,23-24,26-29,38-41,44,46-50H,15,17-18,21-22,25,30-37H2,1-14H3,(H,64,80)(H,65,78)(H,66,74)(H,67,75)(H,68,81)(H,69,76)(H,70,77)(H,71,82)/t44-,46-,47-,48-,49-,50-/m0/s1. The largest absolute Gasteiger partial charge is 0.353 e. The number of halogens is 1. The van der Waals surface area contributed by atoms with Gasteiger partial charge in [0, 0.05) is 31.1 Å². The third-order valence-electron chi connectivity index (χ3n) is 15.3. The molecule has 82 heavy (non-hydrogen) atoms. The lowest BCUT2D eigenvalue weighted by molar-refractivity contribution is -0.139. The molecular weight excluding hydrogens is 1050 g/mol. The zero-order valence-corrected chi connectivity index (χ0v) is 51.3. The average molecular weight is 1150 g/mol. The molecule has 456 valence electrons. The van der Waals surface area contributed by atoms with Crippen molar-refractivity contribution < 1.29 is 47.5 Å². The highest BCUT2D eigenvalue weighted by atomic mass is 19.1. The van der Waals surface area contributed by atoms with Crippen LogP contribution in [-0.2, 0) is 38.4 Å². The number of benzene rings is 2.